The van der Waals surface area contributed by atoms with E-state index in [4.69, 9.17) is 0 Å². The normalized spacial score (nSPS) is 22.8. The van der Waals surface area contributed by atoms with E-state index in [0.29, 0.717) is 18.6 Å². The van der Waals surface area contributed by atoms with Gasteiger partial charge in [0.25, 0.3) is 0 Å². The third kappa shape index (κ3) is 6.53. The zero-order valence-electron chi connectivity index (χ0n) is 21.8. The molecule has 0 heterocycles. The number of carbonyl (C=O) groups excluding carboxylic acids is 2. The Morgan fingerprint density at radius 1 is 0.865 bits per heavy atom. The molecule has 6 heteroatoms. The molecule has 3 aliphatic rings. The molecule has 0 radical (unpaired) electrons. The van der Waals surface area contributed by atoms with Crippen molar-refractivity contribution in [1.29, 1.82) is 0 Å². The quantitative estimate of drug-likeness (QED) is 0.427. The maximum Gasteiger partial charge on any atom is 0.318 e. The van der Waals surface area contributed by atoms with Crippen LogP contribution >= 0.6 is 0 Å². The first-order valence-electron chi connectivity index (χ1n) is 14.2. The molecule has 6 nitrogen and oxygen atoms in total. The van der Waals surface area contributed by atoms with Crippen molar-refractivity contribution in [3.05, 3.63) is 71.3 Å². The van der Waals surface area contributed by atoms with E-state index in [1.54, 1.807) is 0 Å². The Hall–Kier alpha value is -2.86. The fraction of sp³-hybridized carbons (Fsp3) is 0.548. The highest BCUT2D eigenvalue weighted by atomic mass is 16.3. The second-order valence-corrected chi connectivity index (χ2v) is 11.2. The second-order valence-electron chi connectivity index (χ2n) is 11.2. The number of nitrogens with one attached hydrogen (secondary N) is 2. The third-order valence-corrected chi connectivity index (χ3v) is 8.50. The molecule has 0 aromatic heterocycles. The molecule has 0 spiro atoms. The third-order valence-electron chi connectivity index (χ3n) is 8.50. The SMILES string of the molecule is O=C(NC(CO)c1ccccc1)C1CCCCC1c1ccc(CN(C(=O)NC2CCCC2)C2CC2)cc1. The smallest absolute Gasteiger partial charge is 0.318 e. The number of hydrogen-bond donors (Lipinski definition) is 3. The molecule has 3 fully saturated rings. The standard InChI is InChI=1S/C31H41N3O3/c35-21-29(24-8-2-1-3-9-24)33-30(36)28-13-7-6-12-27(28)23-16-14-22(15-17-23)20-34(26-18-19-26)31(37)32-25-10-4-5-11-25/h1-3,8-9,14-17,25-29,35H,4-7,10-13,18-21H2,(H,32,37)(H,33,36). The molecule has 2 aromatic carbocycles. The van der Waals surface area contributed by atoms with Crippen LogP contribution in [0.4, 0.5) is 4.79 Å². The van der Waals surface area contributed by atoms with Crippen LogP contribution in [0.5, 0.6) is 0 Å². The first-order chi connectivity index (χ1) is 18.1. The Balaban J connectivity index is 1.23. The van der Waals surface area contributed by atoms with Crippen molar-refractivity contribution in [2.45, 2.75) is 94.8 Å². The molecular formula is C31H41N3O3. The summed E-state index contributed by atoms with van der Waals surface area (Å²) in [5.74, 6) is 0.0980. The number of aliphatic hydroxyl groups is 1. The van der Waals surface area contributed by atoms with E-state index in [1.165, 1.54) is 18.4 Å². The van der Waals surface area contributed by atoms with Gasteiger partial charge in [-0.25, -0.2) is 4.79 Å². The molecule has 37 heavy (non-hydrogen) atoms. The van der Waals surface area contributed by atoms with Gasteiger partial charge in [0.05, 0.1) is 12.6 Å². The predicted octanol–water partition coefficient (Wildman–Crippen LogP) is 5.43. The van der Waals surface area contributed by atoms with E-state index < -0.39 is 0 Å². The number of urea groups is 1. The van der Waals surface area contributed by atoms with Crippen molar-refractivity contribution in [2.24, 2.45) is 5.92 Å². The van der Waals surface area contributed by atoms with Crippen molar-refractivity contribution in [3.8, 4) is 0 Å². The van der Waals surface area contributed by atoms with E-state index in [0.717, 1.165) is 62.5 Å². The maximum absolute atomic E-state index is 13.4. The lowest BCUT2D eigenvalue weighted by Crippen LogP contribution is -2.44. The van der Waals surface area contributed by atoms with Crippen molar-refractivity contribution in [2.75, 3.05) is 6.61 Å². The highest BCUT2D eigenvalue weighted by Crippen LogP contribution is 2.39. The maximum atomic E-state index is 13.4. The van der Waals surface area contributed by atoms with Crippen molar-refractivity contribution in [3.63, 3.8) is 0 Å². The van der Waals surface area contributed by atoms with Gasteiger partial charge in [0.2, 0.25) is 5.91 Å². The van der Waals surface area contributed by atoms with Crippen molar-refractivity contribution < 1.29 is 14.7 Å². The van der Waals surface area contributed by atoms with Crippen LogP contribution in [0.2, 0.25) is 0 Å². The number of aliphatic hydroxyl groups excluding tert-OH is 1. The fourth-order valence-corrected chi connectivity index (χ4v) is 6.19. The Bertz CT molecular complexity index is 1030. The van der Waals surface area contributed by atoms with Gasteiger partial charge in [0.15, 0.2) is 0 Å². The summed E-state index contributed by atoms with van der Waals surface area (Å²) >= 11 is 0. The molecule has 198 valence electrons. The van der Waals surface area contributed by atoms with Crippen molar-refractivity contribution in [1.82, 2.24) is 15.5 Å². The summed E-state index contributed by atoms with van der Waals surface area (Å²) in [7, 11) is 0. The lowest BCUT2D eigenvalue weighted by atomic mass is 9.74. The summed E-state index contributed by atoms with van der Waals surface area (Å²) in [6.07, 6.45) is 10.8. The summed E-state index contributed by atoms with van der Waals surface area (Å²) < 4.78 is 0. The molecule has 0 aliphatic heterocycles. The van der Waals surface area contributed by atoms with Crippen LogP contribution in [0, 0.1) is 5.92 Å². The summed E-state index contributed by atoms with van der Waals surface area (Å²) in [4.78, 5) is 28.4. The first kappa shape index (κ1) is 25.8. The summed E-state index contributed by atoms with van der Waals surface area (Å²) in [5.41, 5.74) is 3.25. The van der Waals surface area contributed by atoms with Gasteiger partial charge < -0.3 is 20.6 Å². The van der Waals surface area contributed by atoms with Crippen LogP contribution in [-0.2, 0) is 11.3 Å². The molecule has 3 atom stereocenters. The average Bonchev–Trinajstić information content (AvgIpc) is 3.66. The van der Waals surface area contributed by atoms with Crippen LogP contribution in [0.15, 0.2) is 54.6 Å². The summed E-state index contributed by atoms with van der Waals surface area (Å²) in [6.45, 7) is 0.515. The van der Waals surface area contributed by atoms with Gasteiger partial charge in [-0.15, -0.1) is 0 Å². The largest absolute Gasteiger partial charge is 0.394 e. The molecule has 5 rings (SSSR count). The zero-order valence-corrected chi connectivity index (χ0v) is 21.8. The minimum Gasteiger partial charge on any atom is -0.394 e. The average molecular weight is 504 g/mol. The fourth-order valence-electron chi connectivity index (χ4n) is 6.19. The van der Waals surface area contributed by atoms with Gasteiger partial charge in [-0.2, -0.15) is 0 Å². The Morgan fingerprint density at radius 2 is 1.54 bits per heavy atom. The predicted molar refractivity (Wildman–Crippen MR) is 145 cm³/mol. The van der Waals surface area contributed by atoms with E-state index in [9.17, 15) is 14.7 Å². The van der Waals surface area contributed by atoms with Crippen LogP contribution in [0.25, 0.3) is 0 Å². The monoisotopic (exact) mass is 503 g/mol. The molecule has 2 aromatic rings. The Morgan fingerprint density at radius 3 is 2.22 bits per heavy atom. The van der Waals surface area contributed by atoms with Crippen LogP contribution in [0.1, 0.15) is 92.9 Å². The number of benzene rings is 2. The van der Waals surface area contributed by atoms with Gasteiger partial charge >= 0.3 is 6.03 Å². The topological polar surface area (TPSA) is 81.7 Å². The Kier molecular flexibility index (Phi) is 8.45. The number of nitrogens with zero attached hydrogens (tertiary/aromatic N) is 1. The first-order valence-corrected chi connectivity index (χ1v) is 14.2. The van der Waals surface area contributed by atoms with E-state index >= 15 is 0 Å². The number of hydrogen-bond acceptors (Lipinski definition) is 3. The van der Waals surface area contributed by atoms with Crippen LogP contribution in [-0.4, -0.2) is 40.6 Å². The lowest BCUT2D eigenvalue weighted by molar-refractivity contribution is -0.127. The highest BCUT2D eigenvalue weighted by molar-refractivity contribution is 5.80. The number of rotatable bonds is 9. The minimum atomic E-state index is -0.387. The zero-order chi connectivity index (χ0) is 25.6. The molecule has 0 bridgehead atoms. The number of carbonyl (C=O) groups is 2. The molecular weight excluding hydrogens is 462 g/mol. The highest BCUT2D eigenvalue weighted by Gasteiger charge is 2.35. The Labute approximate surface area is 220 Å². The summed E-state index contributed by atoms with van der Waals surface area (Å²) in [6, 6.07) is 18.7. The van der Waals surface area contributed by atoms with Crippen molar-refractivity contribution >= 4 is 11.9 Å². The van der Waals surface area contributed by atoms with Crippen LogP contribution < -0.4 is 10.6 Å². The molecule has 3 unspecified atom stereocenters. The number of amides is 3. The molecule has 3 N–H and O–H groups in total. The van der Waals surface area contributed by atoms with E-state index in [2.05, 4.69) is 34.9 Å². The minimum absolute atomic E-state index is 0.0279. The van der Waals surface area contributed by atoms with Crippen LogP contribution in [0.3, 0.4) is 0 Å². The molecule has 3 amide bonds. The van der Waals surface area contributed by atoms with Gasteiger partial charge in [0, 0.05) is 24.5 Å². The van der Waals surface area contributed by atoms with Gasteiger partial charge in [-0.05, 0) is 61.1 Å². The second kappa shape index (κ2) is 12.1. The molecule has 3 saturated carbocycles. The lowest BCUT2D eigenvalue weighted by Gasteiger charge is -2.32. The van der Waals surface area contributed by atoms with Gasteiger partial charge in [0.1, 0.15) is 0 Å². The van der Waals surface area contributed by atoms with Gasteiger partial charge in [-0.3, -0.25) is 4.79 Å². The van der Waals surface area contributed by atoms with E-state index in [-0.39, 0.29) is 36.4 Å². The summed E-state index contributed by atoms with van der Waals surface area (Å²) in [5, 5.41) is 16.3. The molecule has 0 saturated heterocycles. The molecule has 3 aliphatic carbocycles. The van der Waals surface area contributed by atoms with Gasteiger partial charge in [-0.1, -0.05) is 80.3 Å². The van der Waals surface area contributed by atoms with E-state index in [1.807, 2.05) is 35.2 Å².